The number of hydrogen-bond acceptors (Lipinski definition) is 3. The largest absolute Gasteiger partial charge is 0.480 e. The molecule has 0 radical (unpaired) electrons. The van der Waals surface area contributed by atoms with E-state index in [-0.39, 0.29) is 0 Å². The molecule has 2 amide bonds. The molecule has 0 heterocycles. The number of nitrogens with one attached hydrogen (secondary N) is 2. The number of amides is 2. The van der Waals surface area contributed by atoms with Crippen molar-refractivity contribution in [2.24, 2.45) is 0 Å². The van der Waals surface area contributed by atoms with Crippen LogP contribution in [0.3, 0.4) is 0 Å². The van der Waals surface area contributed by atoms with Gasteiger partial charge in [0, 0.05) is 0 Å². The van der Waals surface area contributed by atoms with Crippen molar-refractivity contribution in [2.75, 3.05) is 11.9 Å². The van der Waals surface area contributed by atoms with Gasteiger partial charge in [0.1, 0.15) is 5.69 Å². The van der Waals surface area contributed by atoms with Gasteiger partial charge in [-0.1, -0.05) is 0 Å². The summed E-state index contributed by atoms with van der Waals surface area (Å²) >= 11 is 0. The van der Waals surface area contributed by atoms with Gasteiger partial charge in [0.05, 0.1) is 6.61 Å². The number of hydrogen-bond donors (Lipinski definition) is 4. The van der Waals surface area contributed by atoms with Crippen LogP contribution in [0.4, 0.5) is 32.4 Å². The number of urea groups is 1. The Hall–Kier alpha value is -2.43. The summed E-state index contributed by atoms with van der Waals surface area (Å²) in [7, 11) is 0. The lowest BCUT2D eigenvalue weighted by atomic mass is 10.2. The van der Waals surface area contributed by atoms with Gasteiger partial charge in [-0.3, -0.25) is 0 Å². The van der Waals surface area contributed by atoms with Crippen molar-refractivity contribution < 1.29 is 41.8 Å². The maximum Gasteiger partial charge on any atom is 0.328 e. The van der Waals surface area contributed by atoms with E-state index in [1.807, 2.05) is 0 Å². The molecule has 0 saturated heterocycles. The number of rotatable bonds is 4. The fourth-order valence-corrected chi connectivity index (χ4v) is 1.21. The smallest absolute Gasteiger partial charge is 0.328 e. The Balaban J connectivity index is 3.04. The molecule has 21 heavy (non-hydrogen) atoms. The van der Waals surface area contributed by atoms with Crippen molar-refractivity contribution >= 4 is 17.7 Å². The molecule has 0 aliphatic carbocycles. The highest BCUT2D eigenvalue weighted by Gasteiger charge is 2.27. The maximum absolute atomic E-state index is 13.2. The Morgan fingerprint density at radius 2 is 1.38 bits per heavy atom. The standard InChI is InChI=1S/C10H7F5N2O4/c11-3-4(12)6(14)8(7(15)5(3)13)17-10(21)16-2(1-18)9(19)20/h2,18H,1H2,(H,19,20)(H2,16,17,21)/t2-/m0/s1. The van der Waals surface area contributed by atoms with Gasteiger partial charge in [-0.15, -0.1) is 0 Å². The summed E-state index contributed by atoms with van der Waals surface area (Å²) < 4.78 is 64.8. The first-order valence-electron chi connectivity index (χ1n) is 5.13. The van der Waals surface area contributed by atoms with Crippen LogP contribution in [0.1, 0.15) is 0 Å². The molecule has 1 rings (SSSR count). The first kappa shape index (κ1) is 16.6. The van der Waals surface area contributed by atoms with E-state index in [9.17, 15) is 31.5 Å². The van der Waals surface area contributed by atoms with Crippen LogP contribution in [0.5, 0.6) is 0 Å². The molecule has 6 nitrogen and oxygen atoms in total. The van der Waals surface area contributed by atoms with Crippen molar-refractivity contribution in [2.45, 2.75) is 6.04 Å². The first-order valence-corrected chi connectivity index (χ1v) is 5.13. The number of carbonyl (C=O) groups is 2. The van der Waals surface area contributed by atoms with Crippen LogP contribution in [0, 0.1) is 29.1 Å². The van der Waals surface area contributed by atoms with E-state index in [2.05, 4.69) is 0 Å². The molecule has 116 valence electrons. The molecule has 1 aromatic carbocycles. The lowest BCUT2D eigenvalue weighted by Crippen LogP contribution is -2.45. The normalized spacial score (nSPS) is 11.9. The third-order valence-electron chi connectivity index (χ3n) is 2.23. The highest BCUT2D eigenvalue weighted by Crippen LogP contribution is 2.26. The van der Waals surface area contributed by atoms with Crippen molar-refractivity contribution in [1.29, 1.82) is 0 Å². The van der Waals surface area contributed by atoms with Gasteiger partial charge in [-0.2, -0.15) is 0 Å². The fraction of sp³-hybridized carbons (Fsp3) is 0.200. The van der Waals surface area contributed by atoms with Gasteiger partial charge in [-0.25, -0.2) is 31.5 Å². The molecule has 4 N–H and O–H groups in total. The van der Waals surface area contributed by atoms with Crippen LogP contribution in [-0.2, 0) is 4.79 Å². The van der Waals surface area contributed by atoms with Gasteiger partial charge < -0.3 is 20.8 Å². The highest BCUT2D eigenvalue weighted by molar-refractivity contribution is 5.92. The first-order chi connectivity index (χ1) is 9.70. The van der Waals surface area contributed by atoms with E-state index in [1.54, 1.807) is 5.32 Å². The highest BCUT2D eigenvalue weighted by atomic mass is 19.2. The number of carbonyl (C=O) groups excluding carboxylic acids is 1. The molecular formula is C10H7F5N2O4. The average Bonchev–Trinajstić information content (AvgIpc) is 2.44. The second kappa shape index (κ2) is 6.35. The number of benzene rings is 1. The van der Waals surface area contributed by atoms with Gasteiger partial charge >= 0.3 is 12.0 Å². The topological polar surface area (TPSA) is 98.7 Å². The summed E-state index contributed by atoms with van der Waals surface area (Å²) in [5.41, 5.74) is -1.65. The summed E-state index contributed by atoms with van der Waals surface area (Å²) in [6.45, 7) is -1.06. The molecule has 1 aromatic rings. The van der Waals surface area contributed by atoms with Gasteiger partial charge in [0.25, 0.3) is 0 Å². The molecule has 0 aliphatic heterocycles. The summed E-state index contributed by atoms with van der Waals surface area (Å²) in [5, 5.41) is 19.9. The minimum atomic E-state index is -2.41. The Bertz CT molecular complexity index is 566. The van der Waals surface area contributed by atoms with Gasteiger partial charge in [0.2, 0.25) is 5.82 Å². The number of aliphatic hydroxyl groups excluding tert-OH is 1. The maximum atomic E-state index is 13.2. The number of aliphatic hydroxyl groups is 1. The quantitative estimate of drug-likeness (QED) is 0.378. The summed E-state index contributed by atoms with van der Waals surface area (Å²) in [5.74, 6) is -13.2. The van der Waals surface area contributed by atoms with Crippen LogP contribution in [0.15, 0.2) is 0 Å². The van der Waals surface area contributed by atoms with Crippen LogP contribution in [0.2, 0.25) is 0 Å². The van der Waals surface area contributed by atoms with E-state index in [4.69, 9.17) is 10.2 Å². The third-order valence-corrected chi connectivity index (χ3v) is 2.23. The predicted octanol–water partition coefficient (Wildman–Crippen LogP) is 0.949. The molecule has 0 aliphatic rings. The Labute approximate surface area is 113 Å². The molecule has 0 bridgehead atoms. The molecule has 1 atom stereocenters. The Morgan fingerprint density at radius 1 is 0.952 bits per heavy atom. The molecule has 0 saturated carbocycles. The summed E-state index contributed by atoms with van der Waals surface area (Å²) in [6.07, 6.45) is 0. The molecule has 0 aromatic heterocycles. The molecular weight excluding hydrogens is 307 g/mol. The molecule has 0 unspecified atom stereocenters. The zero-order valence-corrected chi connectivity index (χ0v) is 9.89. The SMILES string of the molecule is O=C(Nc1c(F)c(F)c(F)c(F)c1F)N[C@@H](CO)C(=O)O. The van der Waals surface area contributed by atoms with Crippen LogP contribution < -0.4 is 10.6 Å². The van der Waals surface area contributed by atoms with E-state index in [1.165, 1.54) is 5.32 Å². The van der Waals surface area contributed by atoms with Crippen molar-refractivity contribution in [3.05, 3.63) is 29.1 Å². The van der Waals surface area contributed by atoms with E-state index in [0.29, 0.717) is 0 Å². The van der Waals surface area contributed by atoms with E-state index >= 15 is 0 Å². The minimum Gasteiger partial charge on any atom is -0.480 e. The number of carboxylic acid groups (broad SMARTS) is 1. The molecule has 0 spiro atoms. The zero-order valence-electron chi connectivity index (χ0n) is 9.89. The Kier molecular flexibility index (Phi) is 5.02. The van der Waals surface area contributed by atoms with Crippen LogP contribution >= 0.6 is 0 Å². The summed E-state index contributed by atoms with van der Waals surface area (Å²) in [6, 6.07) is -3.41. The summed E-state index contributed by atoms with van der Waals surface area (Å²) in [4.78, 5) is 21.7. The van der Waals surface area contributed by atoms with E-state index in [0.717, 1.165) is 0 Å². The molecule has 0 fully saturated rings. The number of anilines is 1. The lowest BCUT2D eigenvalue weighted by molar-refractivity contribution is -0.140. The number of carboxylic acids is 1. The van der Waals surface area contributed by atoms with Crippen LogP contribution in [-0.4, -0.2) is 34.9 Å². The lowest BCUT2D eigenvalue weighted by Gasteiger charge is -2.14. The third kappa shape index (κ3) is 3.37. The van der Waals surface area contributed by atoms with E-state index < -0.39 is 59.4 Å². The van der Waals surface area contributed by atoms with Crippen LogP contribution in [0.25, 0.3) is 0 Å². The van der Waals surface area contributed by atoms with Crippen molar-refractivity contribution in [1.82, 2.24) is 5.32 Å². The van der Waals surface area contributed by atoms with Crippen molar-refractivity contribution in [3.63, 3.8) is 0 Å². The minimum absolute atomic E-state index is 1.06. The van der Waals surface area contributed by atoms with Crippen molar-refractivity contribution in [3.8, 4) is 0 Å². The fourth-order valence-electron chi connectivity index (χ4n) is 1.21. The number of aliphatic carboxylic acids is 1. The zero-order chi connectivity index (χ0) is 16.3. The molecule has 11 heteroatoms. The predicted molar refractivity (Wildman–Crippen MR) is 56.9 cm³/mol. The van der Waals surface area contributed by atoms with Gasteiger partial charge in [-0.05, 0) is 0 Å². The second-order valence-electron chi connectivity index (χ2n) is 3.62. The average molecular weight is 314 g/mol. The monoisotopic (exact) mass is 314 g/mol. The van der Waals surface area contributed by atoms with Gasteiger partial charge in [0.15, 0.2) is 29.3 Å². The number of halogens is 5. The second-order valence-corrected chi connectivity index (χ2v) is 3.62. The Morgan fingerprint density at radius 3 is 1.76 bits per heavy atom.